The van der Waals surface area contributed by atoms with Crippen LogP contribution in [0.1, 0.15) is 33.5 Å². The van der Waals surface area contributed by atoms with Crippen molar-refractivity contribution in [3.05, 3.63) is 45.4 Å². The summed E-state index contributed by atoms with van der Waals surface area (Å²) >= 11 is 1.42. The van der Waals surface area contributed by atoms with Gasteiger partial charge in [0.1, 0.15) is 10.7 Å². The van der Waals surface area contributed by atoms with Crippen LogP contribution in [0.4, 0.5) is 5.69 Å². The maximum atomic E-state index is 12.6. The van der Waals surface area contributed by atoms with E-state index in [1.54, 1.807) is 10.3 Å². The minimum absolute atomic E-state index is 0.0755. The Morgan fingerprint density at radius 2 is 1.95 bits per heavy atom. The minimum atomic E-state index is -0.0755. The molecule has 1 heterocycles. The normalized spacial score (nSPS) is 10.6. The predicted octanol–water partition coefficient (Wildman–Crippen LogP) is 2.89. The molecular formula is C15H19N3OS. The standard InChI is InChI=1S/C15H19N3OS/c1-4-18(12-6-10(2)5-11(3)7-12)15(19)13-9-20-14(8-16)17-13/h5-7,9H,4,8,16H2,1-3H3. The first-order chi connectivity index (χ1) is 9.55. The molecule has 0 unspecified atom stereocenters. The van der Waals surface area contributed by atoms with Crippen LogP contribution in [-0.2, 0) is 6.54 Å². The van der Waals surface area contributed by atoms with Gasteiger partial charge in [0, 0.05) is 24.2 Å². The Morgan fingerprint density at radius 1 is 1.30 bits per heavy atom. The van der Waals surface area contributed by atoms with Gasteiger partial charge in [-0.15, -0.1) is 11.3 Å². The van der Waals surface area contributed by atoms with E-state index in [1.807, 2.05) is 32.9 Å². The number of benzene rings is 1. The largest absolute Gasteiger partial charge is 0.325 e. The minimum Gasteiger partial charge on any atom is -0.325 e. The third-order valence-corrected chi connectivity index (χ3v) is 3.90. The third-order valence-electron chi connectivity index (χ3n) is 3.02. The summed E-state index contributed by atoms with van der Waals surface area (Å²) in [6.45, 7) is 7.00. The highest BCUT2D eigenvalue weighted by Crippen LogP contribution is 2.21. The van der Waals surface area contributed by atoms with E-state index in [2.05, 4.69) is 11.1 Å². The van der Waals surface area contributed by atoms with Crippen LogP contribution in [0.3, 0.4) is 0 Å². The van der Waals surface area contributed by atoms with Gasteiger partial charge in [-0.25, -0.2) is 4.98 Å². The zero-order valence-corrected chi connectivity index (χ0v) is 12.8. The molecule has 0 saturated heterocycles. The number of nitrogens with two attached hydrogens (primary N) is 1. The van der Waals surface area contributed by atoms with Crippen molar-refractivity contribution in [2.75, 3.05) is 11.4 Å². The van der Waals surface area contributed by atoms with Crippen molar-refractivity contribution in [1.29, 1.82) is 0 Å². The fourth-order valence-corrected chi connectivity index (χ4v) is 2.84. The fraction of sp³-hybridized carbons (Fsp3) is 0.333. The number of thiazole rings is 1. The van der Waals surface area contributed by atoms with E-state index in [4.69, 9.17) is 5.73 Å². The summed E-state index contributed by atoms with van der Waals surface area (Å²) in [5.41, 5.74) is 9.22. The summed E-state index contributed by atoms with van der Waals surface area (Å²) < 4.78 is 0. The molecule has 0 spiro atoms. The Kier molecular flexibility index (Phi) is 4.52. The van der Waals surface area contributed by atoms with Crippen LogP contribution in [0.15, 0.2) is 23.6 Å². The number of carbonyl (C=O) groups excluding carboxylic acids is 1. The first-order valence-electron chi connectivity index (χ1n) is 6.59. The van der Waals surface area contributed by atoms with Gasteiger partial charge in [0.15, 0.2) is 0 Å². The number of amides is 1. The molecule has 4 nitrogen and oxygen atoms in total. The Hall–Kier alpha value is -1.72. The lowest BCUT2D eigenvalue weighted by Gasteiger charge is -2.21. The van der Waals surface area contributed by atoms with Crippen LogP contribution in [0, 0.1) is 13.8 Å². The van der Waals surface area contributed by atoms with Crippen LogP contribution in [-0.4, -0.2) is 17.4 Å². The molecule has 0 atom stereocenters. The van der Waals surface area contributed by atoms with Crippen molar-refractivity contribution in [2.45, 2.75) is 27.3 Å². The Bertz CT molecular complexity index is 601. The quantitative estimate of drug-likeness (QED) is 0.941. The summed E-state index contributed by atoms with van der Waals surface area (Å²) in [6.07, 6.45) is 0. The number of hydrogen-bond donors (Lipinski definition) is 1. The molecule has 0 bridgehead atoms. The molecule has 2 N–H and O–H groups in total. The Balaban J connectivity index is 2.33. The smallest absolute Gasteiger partial charge is 0.277 e. The van der Waals surface area contributed by atoms with Crippen molar-refractivity contribution in [3.63, 3.8) is 0 Å². The maximum Gasteiger partial charge on any atom is 0.277 e. The molecule has 0 radical (unpaired) electrons. The molecule has 20 heavy (non-hydrogen) atoms. The molecule has 1 amide bonds. The molecule has 0 aliphatic heterocycles. The van der Waals surface area contributed by atoms with Crippen molar-refractivity contribution in [1.82, 2.24) is 4.98 Å². The molecule has 0 aliphatic carbocycles. The number of anilines is 1. The van der Waals surface area contributed by atoms with Gasteiger partial charge >= 0.3 is 0 Å². The number of aryl methyl sites for hydroxylation is 2. The van der Waals surface area contributed by atoms with Crippen molar-refractivity contribution in [2.24, 2.45) is 5.73 Å². The van der Waals surface area contributed by atoms with E-state index in [-0.39, 0.29) is 5.91 Å². The Labute approximate surface area is 123 Å². The topological polar surface area (TPSA) is 59.2 Å². The summed E-state index contributed by atoms with van der Waals surface area (Å²) in [4.78, 5) is 18.6. The second-order valence-corrected chi connectivity index (χ2v) is 5.67. The molecule has 106 valence electrons. The lowest BCUT2D eigenvalue weighted by atomic mass is 10.1. The molecule has 0 saturated carbocycles. The van der Waals surface area contributed by atoms with Gasteiger partial charge < -0.3 is 10.6 Å². The highest BCUT2D eigenvalue weighted by atomic mass is 32.1. The van der Waals surface area contributed by atoms with Gasteiger partial charge in [-0.1, -0.05) is 6.07 Å². The molecule has 1 aromatic carbocycles. The molecule has 0 fully saturated rings. The van der Waals surface area contributed by atoms with Crippen molar-refractivity contribution in [3.8, 4) is 0 Å². The molecule has 2 aromatic rings. The van der Waals surface area contributed by atoms with Crippen LogP contribution < -0.4 is 10.6 Å². The average Bonchev–Trinajstić information content (AvgIpc) is 2.87. The zero-order valence-electron chi connectivity index (χ0n) is 12.0. The van der Waals surface area contributed by atoms with Crippen LogP contribution in [0.25, 0.3) is 0 Å². The first-order valence-corrected chi connectivity index (χ1v) is 7.47. The third kappa shape index (κ3) is 3.05. The SMILES string of the molecule is CCN(C(=O)c1csc(CN)n1)c1cc(C)cc(C)c1. The lowest BCUT2D eigenvalue weighted by molar-refractivity contribution is 0.0984. The summed E-state index contributed by atoms with van der Waals surface area (Å²) in [6, 6.07) is 6.13. The second kappa shape index (κ2) is 6.15. The highest BCUT2D eigenvalue weighted by Gasteiger charge is 2.19. The van der Waals surface area contributed by atoms with Gasteiger partial charge in [0.2, 0.25) is 0 Å². The van der Waals surface area contributed by atoms with Gasteiger partial charge in [-0.3, -0.25) is 4.79 Å². The molecular weight excluding hydrogens is 270 g/mol. The average molecular weight is 289 g/mol. The van der Waals surface area contributed by atoms with Gasteiger partial charge in [-0.2, -0.15) is 0 Å². The van der Waals surface area contributed by atoms with Gasteiger partial charge in [0.25, 0.3) is 5.91 Å². The number of hydrogen-bond acceptors (Lipinski definition) is 4. The van der Waals surface area contributed by atoms with E-state index in [9.17, 15) is 4.79 Å². The predicted molar refractivity (Wildman–Crippen MR) is 83.3 cm³/mol. The highest BCUT2D eigenvalue weighted by molar-refractivity contribution is 7.09. The van der Waals surface area contributed by atoms with E-state index in [0.29, 0.717) is 18.8 Å². The number of rotatable bonds is 4. The summed E-state index contributed by atoms with van der Waals surface area (Å²) in [5.74, 6) is -0.0755. The monoisotopic (exact) mass is 289 g/mol. The fourth-order valence-electron chi connectivity index (χ4n) is 2.19. The lowest BCUT2D eigenvalue weighted by Crippen LogP contribution is -2.31. The summed E-state index contributed by atoms with van der Waals surface area (Å²) in [5, 5.41) is 2.56. The maximum absolute atomic E-state index is 12.6. The zero-order chi connectivity index (χ0) is 14.7. The molecule has 2 rings (SSSR count). The van der Waals surface area contributed by atoms with Gasteiger partial charge in [0.05, 0.1) is 0 Å². The van der Waals surface area contributed by atoms with Crippen LogP contribution >= 0.6 is 11.3 Å². The summed E-state index contributed by atoms with van der Waals surface area (Å²) in [7, 11) is 0. The second-order valence-electron chi connectivity index (χ2n) is 4.73. The van der Waals surface area contributed by atoms with Gasteiger partial charge in [-0.05, 0) is 44.0 Å². The first kappa shape index (κ1) is 14.7. The molecule has 0 aliphatic rings. The van der Waals surface area contributed by atoms with E-state index in [1.165, 1.54) is 11.3 Å². The number of nitrogens with zero attached hydrogens (tertiary/aromatic N) is 2. The molecule has 1 aromatic heterocycles. The van der Waals surface area contributed by atoms with E-state index >= 15 is 0 Å². The Morgan fingerprint density at radius 3 is 2.45 bits per heavy atom. The van der Waals surface area contributed by atoms with Crippen molar-refractivity contribution < 1.29 is 4.79 Å². The van der Waals surface area contributed by atoms with E-state index < -0.39 is 0 Å². The van der Waals surface area contributed by atoms with Crippen LogP contribution in [0.2, 0.25) is 0 Å². The van der Waals surface area contributed by atoms with Crippen LogP contribution in [0.5, 0.6) is 0 Å². The van der Waals surface area contributed by atoms with Crippen molar-refractivity contribution >= 4 is 22.9 Å². The molecule has 5 heteroatoms. The van der Waals surface area contributed by atoms with E-state index in [0.717, 1.165) is 21.8 Å². The number of carbonyl (C=O) groups is 1. The number of aromatic nitrogens is 1.